The molecule has 0 unspecified atom stereocenters. The van der Waals surface area contributed by atoms with Gasteiger partial charge in [0.15, 0.2) is 0 Å². The minimum absolute atomic E-state index is 0.848. The Morgan fingerprint density at radius 3 is 1.55 bits per heavy atom. The molecule has 0 aliphatic carbocycles. The molecule has 0 aliphatic heterocycles. The smallest absolute Gasteiger partial charge is 0.374 e. The lowest BCUT2D eigenvalue weighted by atomic mass is 10.8. The summed E-state index contributed by atoms with van der Waals surface area (Å²) >= 11 is 0. The normalized spacial score (nSPS) is 12.0. The molecule has 68 valence electrons. The molecule has 0 aliphatic rings. The summed E-state index contributed by atoms with van der Waals surface area (Å²) in [7, 11) is 1.06. The van der Waals surface area contributed by atoms with Crippen molar-refractivity contribution in [3.63, 3.8) is 0 Å². The zero-order valence-electron chi connectivity index (χ0n) is 7.73. The van der Waals surface area contributed by atoms with Crippen molar-refractivity contribution >= 4 is 8.88 Å². The summed E-state index contributed by atoms with van der Waals surface area (Å²) in [5, 5.41) is 0. The van der Waals surface area contributed by atoms with Gasteiger partial charge in [-0.05, 0) is 13.1 Å². The molecule has 0 amide bonds. The maximum Gasteiger partial charge on any atom is 0.516 e. The van der Waals surface area contributed by atoms with Crippen LogP contribution in [0.2, 0.25) is 0 Å². The van der Waals surface area contributed by atoms with Crippen molar-refractivity contribution in [1.82, 2.24) is 9.96 Å². The molecule has 0 rings (SSSR count). The van der Waals surface area contributed by atoms with Crippen LogP contribution in [0.4, 0.5) is 0 Å². The van der Waals surface area contributed by atoms with Crippen LogP contribution in [0.1, 0.15) is 13.8 Å². The lowest BCUT2D eigenvalue weighted by Crippen LogP contribution is -2.66. The molecule has 11 heavy (non-hydrogen) atoms. The fraction of sp³-hybridized carbons (Fsp3) is 1.00. The quantitative estimate of drug-likeness (QED) is 0.559. The van der Waals surface area contributed by atoms with E-state index in [2.05, 4.69) is 9.96 Å². The predicted molar refractivity (Wildman–Crippen MR) is 47.1 cm³/mol. The molecular formula is C6H18N2O2Si. The van der Waals surface area contributed by atoms with Gasteiger partial charge in [0.25, 0.3) is 0 Å². The third-order valence-electron chi connectivity index (χ3n) is 1.39. The molecule has 0 atom stereocenters. The van der Waals surface area contributed by atoms with Gasteiger partial charge in [-0.2, -0.15) is 0 Å². The van der Waals surface area contributed by atoms with Crippen molar-refractivity contribution in [2.45, 2.75) is 13.8 Å². The van der Waals surface area contributed by atoms with Crippen molar-refractivity contribution in [2.24, 2.45) is 0 Å². The van der Waals surface area contributed by atoms with Gasteiger partial charge in [-0.15, -0.1) is 0 Å². The summed E-state index contributed by atoms with van der Waals surface area (Å²) in [5.74, 6) is 0. The largest absolute Gasteiger partial charge is 0.516 e. The Morgan fingerprint density at radius 2 is 1.36 bits per heavy atom. The molecular weight excluding hydrogens is 160 g/mol. The lowest BCUT2D eigenvalue weighted by molar-refractivity contribution is 0.215. The summed E-state index contributed by atoms with van der Waals surface area (Å²) in [6.07, 6.45) is 0. The Kier molecular flexibility index (Phi) is 5.70. The van der Waals surface area contributed by atoms with Gasteiger partial charge in [-0.1, -0.05) is 13.8 Å². The number of hydrogen-bond donors (Lipinski definition) is 2. The highest BCUT2D eigenvalue weighted by molar-refractivity contribution is 6.62. The van der Waals surface area contributed by atoms with Crippen LogP contribution in [0.25, 0.3) is 0 Å². The van der Waals surface area contributed by atoms with Gasteiger partial charge in [-0.3, -0.25) is 9.96 Å². The average Bonchev–Trinajstić information content (AvgIpc) is 2.04. The highest BCUT2D eigenvalue weighted by atomic mass is 28.4. The van der Waals surface area contributed by atoms with Crippen molar-refractivity contribution in [1.29, 1.82) is 0 Å². The van der Waals surface area contributed by atoms with Crippen LogP contribution in [0.5, 0.6) is 0 Å². The van der Waals surface area contributed by atoms with E-state index in [1.165, 1.54) is 0 Å². The first kappa shape index (κ1) is 11.1. The molecule has 0 bridgehead atoms. The molecule has 5 heteroatoms. The molecule has 2 N–H and O–H groups in total. The topological polar surface area (TPSA) is 42.5 Å². The van der Waals surface area contributed by atoms with Crippen LogP contribution in [0.15, 0.2) is 0 Å². The van der Waals surface area contributed by atoms with E-state index in [1.807, 2.05) is 13.8 Å². The molecule has 0 saturated carbocycles. The standard InChI is InChI=1S/C6H18N2O2Si/c1-5-7-11(9-3,10-4)8-6-2/h7-8H,5-6H2,1-4H3. The van der Waals surface area contributed by atoms with Crippen molar-refractivity contribution in [3.8, 4) is 0 Å². The van der Waals surface area contributed by atoms with Gasteiger partial charge in [0, 0.05) is 14.2 Å². The maximum absolute atomic E-state index is 5.26. The predicted octanol–water partition coefficient (Wildman–Crippen LogP) is -0.0662. The molecule has 0 saturated heterocycles. The Bertz CT molecular complexity index is 90.6. The average molecular weight is 178 g/mol. The lowest BCUT2D eigenvalue weighted by Gasteiger charge is -2.26. The highest BCUT2D eigenvalue weighted by Crippen LogP contribution is 1.93. The second kappa shape index (κ2) is 5.67. The summed E-state index contributed by atoms with van der Waals surface area (Å²) < 4.78 is 10.5. The monoisotopic (exact) mass is 178 g/mol. The highest BCUT2D eigenvalue weighted by Gasteiger charge is 2.35. The van der Waals surface area contributed by atoms with E-state index in [0.29, 0.717) is 0 Å². The van der Waals surface area contributed by atoms with Crippen molar-refractivity contribution < 1.29 is 8.85 Å². The van der Waals surface area contributed by atoms with Crippen molar-refractivity contribution in [3.05, 3.63) is 0 Å². The number of hydrogen-bond acceptors (Lipinski definition) is 4. The van der Waals surface area contributed by atoms with E-state index in [0.717, 1.165) is 13.1 Å². The minimum atomic E-state index is -2.24. The maximum atomic E-state index is 5.26. The fourth-order valence-corrected chi connectivity index (χ4v) is 2.70. The van der Waals surface area contributed by atoms with Crippen molar-refractivity contribution in [2.75, 3.05) is 27.3 Å². The van der Waals surface area contributed by atoms with E-state index in [4.69, 9.17) is 8.85 Å². The molecule has 0 aromatic heterocycles. The fourth-order valence-electron chi connectivity index (χ4n) is 0.900. The third-order valence-corrected chi connectivity index (χ3v) is 4.18. The van der Waals surface area contributed by atoms with Crippen LogP contribution in [-0.2, 0) is 8.85 Å². The summed E-state index contributed by atoms with van der Waals surface area (Å²) in [5.41, 5.74) is 0. The first-order valence-corrected chi connectivity index (χ1v) is 5.66. The summed E-state index contributed by atoms with van der Waals surface area (Å²) in [4.78, 5) is 6.36. The van der Waals surface area contributed by atoms with Gasteiger partial charge in [-0.25, -0.2) is 0 Å². The van der Waals surface area contributed by atoms with E-state index in [-0.39, 0.29) is 0 Å². The Morgan fingerprint density at radius 1 is 1.00 bits per heavy atom. The number of rotatable bonds is 6. The second-order valence-corrected chi connectivity index (χ2v) is 4.84. The van der Waals surface area contributed by atoms with Crippen LogP contribution in [0, 0.1) is 0 Å². The molecule has 0 spiro atoms. The van der Waals surface area contributed by atoms with Gasteiger partial charge in [0.1, 0.15) is 0 Å². The third kappa shape index (κ3) is 3.30. The number of nitrogens with one attached hydrogen (secondary N) is 2. The Hall–Kier alpha value is 0.0569. The van der Waals surface area contributed by atoms with Gasteiger partial charge in [0.05, 0.1) is 0 Å². The molecule has 0 fully saturated rings. The zero-order chi connectivity index (χ0) is 8.74. The first-order chi connectivity index (χ1) is 5.24. The van der Waals surface area contributed by atoms with E-state index in [9.17, 15) is 0 Å². The Balaban J connectivity index is 3.96. The van der Waals surface area contributed by atoms with Crippen LogP contribution in [-0.4, -0.2) is 36.2 Å². The van der Waals surface area contributed by atoms with Gasteiger partial charge in [0.2, 0.25) is 0 Å². The summed E-state index contributed by atoms with van der Waals surface area (Å²) in [6, 6.07) is 0. The molecule has 0 aromatic carbocycles. The molecule has 0 heterocycles. The van der Waals surface area contributed by atoms with Gasteiger partial charge >= 0.3 is 8.88 Å². The van der Waals surface area contributed by atoms with Crippen LogP contribution >= 0.6 is 0 Å². The van der Waals surface area contributed by atoms with E-state index < -0.39 is 8.88 Å². The van der Waals surface area contributed by atoms with E-state index >= 15 is 0 Å². The summed E-state index contributed by atoms with van der Waals surface area (Å²) in [6.45, 7) is 5.75. The molecule has 0 radical (unpaired) electrons. The van der Waals surface area contributed by atoms with E-state index in [1.54, 1.807) is 14.2 Å². The van der Waals surface area contributed by atoms with Crippen LogP contribution in [0.3, 0.4) is 0 Å². The SMILES string of the molecule is CCN[Si](NCC)(OC)OC. The second-order valence-electron chi connectivity index (χ2n) is 2.09. The zero-order valence-corrected chi connectivity index (χ0v) is 8.73. The molecule has 0 aromatic rings. The van der Waals surface area contributed by atoms with Crippen LogP contribution < -0.4 is 9.96 Å². The molecule has 4 nitrogen and oxygen atoms in total. The van der Waals surface area contributed by atoms with Gasteiger partial charge < -0.3 is 8.85 Å². The Labute approximate surface area is 69.7 Å². The first-order valence-electron chi connectivity index (χ1n) is 3.85. The minimum Gasteiger partial charge on any atom is -0.374 e.